The number of nitrogens with one attached hydrogen (secondary N) is 1. The molecule has 0 spiro atoms. The average molecular weight is 799 g/mol. The minimum atomic E-state index is -3.10. The molecule has 11 nitrogen and oxygen atoms in total. The quantitative estimate of drug-likeness (QED) is 0.130. The highest BCUT2D eigenvalue weighted by atomic mass is 32.2. The van der Waals surface area contributed by atoms with E-state index < -0.39 is 39.5 Å². The van der Waals surface area contributed by atoms with Crippen molar-refractivity contribution >= 4 is 39.2 Å². The fraction of sp³-hybridized carbons (Fsp3) is 0.511. The first kappa shape index (κ1) is 42.1. The van der Waals surface area contributed by atoms with Gasteiger partial charge in [0.1, 0.15) is 34.7 Å². The number of likely N-dealkylation sites (tertiary alicyclic amines) is 1. The predicted molar refractivity (Wildman–Crippen MR) is 221 cm³/mol. The number of carbonyl (C=O) groups excluding carboxylic acids is 4. The topological polar surface area (TPSA) is 133 Å². The van der Waals surface area contributed by atoms with Crippen molar-refractivity contribution in [3.05, 3.63) is 102 Å². The summed E-state index contributed by atoms with van der Waals surface area (Å²) in [4.78, 5) is 61.3. The van der Waals surface area contributed by atoms with E-state index in [4.69, 9.17) is 4.74 Å². The number of esters is 1. The fourth-order valence-corrected chi connectivity index (χ4v) is 9.60. The van der Waals surface area contributed by atoms with E-state index in [0.29, 0.717) is 50.8 Å². The van der Waals surface area contributed by atoms with Gasteiger partial charge in [0, 0.05) is 49.4 Å². The molecule has 3 atom stereocenters. The summed E-state index contributed by atoms with van der Waals surface area (Å²) in [6.07, 6.45) is 9.45. The number of sulfone groups is 1. The summed E-state index contributed by atoms with van der Waals surface area (Å²) in [6, 6.07) is 25.0. The van der Waals surface area contributed by atoms with Gasteiger partial charge in [-0.1, -0.05) is 98.5 Å². The first-order chi connectivity index (χ1) is 27.4. The van der Waals surface area contributed by atoms with Gasteiger partial charge in [-0.15, -0.1) is 0 Å². The lowest BCUT2D eigenvalue weighted by molar-refractivity contribution is -0.149. The van der Waals surface area contributed by atoms with E-state index in [1.807, 2.05) is 84.9 Å². The van der Waals surface area contributed by atoms with Gasteiger partial charge in [0.05, 0.1) is 0 Å². The maximum Gasteiger partial charge on any atom is 0.329 e. The Kier molecular flexibility index (Phi) is 14.2. The van der Waals surface area contributed by atoms with Crippen LogP contribution in [0.1, 0.15) is 94.0 Å². The Morgan fingerprint density at radius 3 is 2.12 bits per heavy atom. The first-order valence-corrected chi connectivity index (χ1v) is 22.7. The van der Waals surface area contributed by atoms with Gasteiger partial charge >= 0.3 is 5.97 Å². The molecule has 57 heavy (non-hydrogen) atoms. The third-order valence-corrected chi connectivity index (χ3v) is 12.9. The van der Waals surface area contributed by atoms with E-state index >= 15 is 0 Å². The van der Waals surface area contributed by atoms with Crippen molar-refractivity contribution in [2.24, 2.45) is 5.41 Å². The number of anilines is 1. The molecule has 6 rings (SSSR count). The molecule has 0 radical (unpaired) electrons. The maximum absolute atomic E-state index is 14.4. The molecule has 306 valence electrons. The number of amides is 3. The summed E-state index contributed by atoms with van der Waals surface area (Å²) in [5, 5.41) is 3.09. The zero-order valence-corrected chi connectivity index (χ0v) is 34.3. The Morgan fingerprint density at radius 2 is 1.49 bits per heavy atom. The second-order valence-corrected chi connectivity index (χ2v) is 18.4. The van der Waals surface area contributed by atoms with Crippen LogP contribution in [0, 0.1) is 5.41 Å². The molecule has 0 bridgehead atoms. The second kappa shape index (κ2) is 19.3. The van der Waals surface area contributed by atoms with Crippen molar-refractivity contribution in [3.8, 4) is 0 Å². The Bertz CT molecular complexity index is 1930. The highest BCUT2D eigenvalue weighted by Gasteiger charge is 2.49. The van der Waals surface area contributed by atoms with Gasteiger partial charge in [-0.25, -0.2) is 13.2 Å². The monoisotopic (exact) mass is 798 g/mol. The number of hydrogen-bond donors (Lipinski definition) is 1. The van der Waals surface area contributed by atoms with E-state index in [0.717, 1.165) is 55.5 Å². The normalized spacial score (nSPS) is 20.4. The average Bonchev–Trinajstić information content (AvgIpc) is 3.80. The molecule has 3 fully saturated rings. The van der Waals surface area contributed by atoms with E-state index in [-0.39, 0.29) is 36.5 Å². The van der Waals surface area contributed by atoms with E-state index in [1.54, 1.807) is 9.80 Å². The van der Waals surface area contributed by atoms with Crippen molar-refractivity contribution in [2.45, 2.75) is 102 Å². The summed E-state index contributed by atoms with van der Waals surface area (Å²) in [5.74, 6) is -0.977. The van der Waals surface area contributed by atoms with Gasteiger partial charge in [-0.05, 0) is 80.4 Å². The van der Waals surface area contributed by atoms with E-state index in [2.05, 4.69) is 10.2 Å². The molecule has 3 aliphatic rings. The second-order valence-electron chi connectivity index (χ2n) is 16.2. The van der Waals surface area contributed by atoms with Crippen LogP contribution in [-0.2, 0) is 46.6 Å². The largest absolute Gasteiger partial charge is 0.463 e. The molecule has 0 aromatic heterocycles. The number of benzene rings is 3. The van der Waals surface area contributed by atoms with Crippen LogP contribution in [0.2, 0.25) is 0 Å². The van der Waals surface area contributed by atoms with Gasteiger partial charge in [0.15, 0.2) is 0 Å². The Balaban J connectivity index is 1.23. The van der Waals surface area contributed by atoms with Crippen LogP contribution in [0.15, 0.2) is 84.9 Å². The Labute approximate surface area is 338 Å². The highest BCUT2D eigenvalue weighted by Crippen LogP contribution is 2.43. The molecule has 1 aliphatic carbocycles. The Morgan fingerprint density at radius 1 is 0.842 bits per heavy atom. The molecule has 1 saturated carbocycles. The number of carbonyl (C=O) groups is 4. The van der Waals surface area contributed by atoms with Gasteiger partial charge in [0.25, 0.3) is 5.91 Å². The SMILES string of the molecule is CC(=O)N1C(Cc2ccccc2)C(=O)N(c2ccc(CC(NC(=O)C3(CCCCS(C)(=O)=O)CCCC3)C(=O)OCCN3CCCCC3)cc2)C1c1ccccc1. The van der Waals surface area contributed by atoms with Gasteiger partial charge < -0.3 is 15.0 Å². The molecule has 2 aliphatic heterocycles. The van der Waals surface area contributed by atoms with Crippen LogP contribution < -0.4 is 10.2 Å². The number of rotatable bonds is 17. The predicted octanol–water partition coefficient (Wildman–Crippen LogP) is 6.02. The summed E-state index contributed by atoms with van der Waals surface area (Å²) < 4.78 is 29.4. The van der Waals surface area contributed by atoms with Crippen LogP contribution in [0.4, 0.5) is 5.69 Å². The number of piperidine rings is 1. The fourth-order valence-electron chi connectivity index (χ4n) is 8.87. The molecule has 3 amide bonds. The Hall–Kier alpha value is -4.55. The number of nitrogens with zero attached hydrogens (tertiary/aromatic N) is 3. The number of unbranched alkanes of at least 4 members (excludes halogenated alkanes) is 1. The van der Waals surface area contributed by atoms with Crippen molar-refractivity contribution in [1.82, 2.24) is 15.1 Å². The van der Waals surface area contributed by atoms with Gasteiger partial charge in [-0.3, -0.25) is 24.2 Å². The van der Waals surface area contributed by atoms with Crippen LogP contribution in [0.25, 0.3) is 0 Å². The summed E-state index contributed by atoms with van der Waals surface area (Å²) in [7, 11) is -3.10. The third kappa shape index (κ3) is 10.9. The summed E-state index contributed by atoms with van der Waals surface area (Å²) >= 11 is 0. The molecule has 12 heteroatoms. The van der Waals surface area contributed by atoms with Crippen molar-refractivity contribution in [2.75, 3.05) is 43.1 Å². The lowest BCUT2D eigenvalue weighted by Crippen LogP contribution is -2.49. The smallest absolute Gasteiger partial charge is 0.329 e. The highest BCUT2D eigenvalue weighted by molar-refractivity contribution is 7.90. The lowest BCUT2D eigenvalue weighted by Gasteiger charge is -2.31. The third-order valence-electron chi connectivity index (χ3n) is 11.9. The molecule has 3 aromatic carbocycles. The zero-order valence-electron chi connectivity index (χ0n) is 33.4. The zero-order chi connectivity index (χ0) is 40.4. The van der Waals surface area contributed by atoms with Gasteiger partial charge in [0.2, 0.25) is 11.8 Å². The molecule has 2 heterocycles. The molecular weight excluding hydrogens is 741 g/mol. The number of ether oxygens (including phenoxy) is 1. The number of hydrogen-bond acceptors (Lipinski definition) is 8. The summed E-state index contributed by atoms with van der Waals surface area (Å²) in [6.45, 7) is 4.33. The van der Waals surface area contributed by atoms with Crippen molar-refractivity contribution in [1.29, 1.82) is 0 Å². The van der Waals surface area contributed by atoms with Crippen LogP contribution in [-0.4, -0.2) is 92.2 Å². The summed E-state index contributed by atoms with van der Waals surface area (Å²) in [5.41, 5.74) is 2.50. The van der Waals surface area contributed by atoms with Crippen molar-refractivity contribution in [3.63, 3.8) is 0 Å². The minimum Gasteiger partial charge on any atom is -0.463 e. The standard InChI is InChI=1S/C45H58N4O7S/c1-34(50)48-40(33-35-16-6-3-7-17-35)42(51)49(41(48)37-18-8-4-9-19-37)38-22-20-36(21-23-38)32-39(43(52)56-30-29-47-27-13-5-14-28-47)46-44(53)45(24-10-11-25-45)26-12-15-31-57(2,54)55/h3-4,6-9,16-23,39-41H,5,10-15,24-33H2,1-2H3,(H,46,53). The van der Waals surface area contributed by atoms with Crippen LogP contribution >= 0.6 is 0 Å². The van der Waals surface area contributed by atoms with Crippen molar-refractivity contribution < 1.29 is 32.3 Å². The maximum atomic E-state index is 14.4. The molecular formula is C45H58N4O7S. The lowest BCUT2D eigenvalue weighted by atomic mass is 9.80. The first-order valence-electron chi connectivity index (χ1n) is 20.6. The van der Waals surface area contributed by atoms with E-state index in [9.17, 15) is 27.6 Å². The molecule has 2 saturated heterocycles. The van der Waals surface area contributed by atoms with Crippen LogP contribution in [0.5, 0.6) is 0 Å². The van der Waals surface area contributed by atoms with Gasteiger partial charge in [-0.2, -0.15) is 0 Å². The molecule has 1 N–H and O–H groups in total. The van der Waals surface area contributed by atoms with E-state index in [1.165, 1.54) is 19.6 Å². The molecule has 3 unspecified atom stereocenters. The van der Waals surface area contributed by atoms with Crippen LogP contribution in [0.3, 0.4) is 0 Å². The molecule has 3 aromatic rings. The minimum absolute atomic E-state index is 0.0856.